The minimum atomic E-state index is -4.71. The van der Waals surface area contributed by atoms with E-state index in [4.69, 9.17) is 42.3 Å². The quantitative estimate of drug-likeness (QED) is 0.0506. The molecule has 1 N–H and O–H groups in total. The third-order valence-electron chi connectivity index (χ3n) is 6.48. The standard InChI is InChI=1S/C31H19Cl2F6N3O10/c1-29(2,51-27(43)19-13-17(5-7-23(19)41(45)46)49-25-9-3-15(11-21(25)32)30(34,35)36)40-52-28(44)20-14-18(6-8-24(20)42(47)48)50-26-10-4-16(12-22(26)33)31(37,38)39/h3-14,40H,1-2H3. The molecule has 0 atom stereocenters. The zero-order chi connectivity index (χ0) is 38.8. The number of nitrogens with one attached hydrogen (secondary N) is 1. The monoisotopic (exact) mass is 777 g/mol. The number of nitrogens with zero attached hydrogens (tertiary/aromatic N) is 2. The van der Waals surface area contributed by atoms with Gasteiger partial charge in [-0.25, -0.2) is 9.59 Å². The Balaban J connectivity index is 1.51. The number of nitro benzene ring substituents is 2. The van der Waals surface area contributed by atoms with Gasteiger partial charge in [-0.3, -0.25) is 20.2 Å². The lowest BCUT2D eigenvalue weighted by molar-refractivity contribution is -0.385. The summed E-state index contributed by atoms with van der Waals surface area (Å²) in [5.41, 5.74) is -5.13. The SMILES string of the molecule is CC(C)(NOC(=O)c1cc(Oc2ccc(C(F)(F)F)cc2Cl)ccc1[N+](=O)[O-])OC(=O)c1cc(Oc2ccc(C(F)(F)F)cc2Cl)ccc1[N+](=O)[O-]. The lowest BCUT2D eigenvalue weighted by atomic mass is 10.1. The maximum Gasteiger partial charge on any atom is 0.416 e. The van der Waals surface area contributed by atoms with Crippen LogP contribution in [-0.4, -0.2) is 27.5 Å². The minimum Gasteiger partial charge on any atom is -0.456 e. The van der Waals surface area contributed by atoms with Crippen LogP contribution in [0.3, 0.4) is 0 Å². The van der Waals surface area contributed by atoms with E-state index < -0.39 is 83.5 Å². The zero-order valence-electron chi connectivity index (χ0n) is 25.9. The number of esters is 1. The first kappa shape index (κ1) is 39.1. The molecule has 0 unspecified atom stereocenters. The van der Waals surface area contributed by atoms with Crippen molar-refractivity contribution in [3.8, 4) is 23.0 Å². The molecule has 0 saturated carbocycles. The van der Waals surface area contributed by atoms with Crippen molar-refractivity contribution < 1.29 is 64.8 Å². The van der Waals surface area contributed by atoms with E-state index in [9.17, 15) is 56.2 Å². The van der Waals surface area contributed by atoms with Crippen LogP contribution in [-0.2, 0) is 21.9 Å². The Hall–Kier alpha value is -5.66. The number of hydrogen-bond acceptors (Lipinski definition) is 11. The van der Waals surface area contributed by atoms with Crippen molar-refractivity contribution >= 4 is 46.5 Å². The van der Waals surface area contributed by atoms with Crippen molar-refractivity contribution in [2.24, 2.45) is 0 Å². The van der Waals surface area contributed by atoms with Crippen LogP contribution in [0, 0.1) is 20.2 Å². The second-order valence-electron chi connectivity index (χ2n) is 10.8. The lowest BCUT2D eigenvalue weighted by Crippen LogP contribution is -2.44. The molecule has 0 bridgehead atoms. The largest absolute Gasteiger partial charge is 0.456 e. The molecule has 0 heterocycles. The van der Waals surface area contributed by atoms with E-state index >= 15 is 0 Å². The van der Waals surface area contributed by atoms with E-state index in [0.717, 1.165) is 62.4 Å². The normalized spacial score (nSPS) is 11.8. The molecule has 274 valence electrons. The van der Waals surface area contributed by atoms with Gasteiger partial charge in [-0.05, 0) is 62.4 Å². The summed E-state index contributed by atoms with van der Waals surface area (Å²) in [6, 6.07) is 9.69. The molecule has 4 aromatic carbocycles. The molecule has 0 spiro atoms. The van der Waals surface area contributed by atoms with E-state index in [1.54, 1.807) is 0 Å². The highest BCUT2D eigenvalue weighted by molar-refractivity contribution is 6.32. The van der Waals surface area contributed by atoms with Gasteiger partial charge in [0.2, 0.25) is 0 Å². The van der Waals surface area contributed by atoms with Gasteiger partial charge < -0.3 is 19.0 Å². The highest BCUT2D eigenvalue weighted by Gasteiger charge is 2.34. The topological polar surface area (TPSA) is 169 Å². The average molecular weight is 778 g/mol. The van der Waals surface area contributed by atoms with Gasteiger partial charge in [-0.2, -0.15) is 26.3 Å². The van der Waals surface area contributed by atoms with Gasteiger partial charge in [0.25, 0.3) is 11.4 Å². The van der Waals surface area contributed by atoms with Gasteiger partial charge in [0, 0.05) is 24.3 Å². The molecule has 4 aromatic rings. The fourth-order valence-corrected chi connectivity index (χ4v) is 4.55. The van der Waals surface area contributed by atoms with Gasteiger partial charge >= 0.3 is 24.3 Å². The first-order valence-electron chi connectivity index (χ1n) is 13.9. The Labute approximate surface area is 296 Å². The molecular weight excluding hydrogens is 759 g/mol. The molecular formula is C31H19Cl2F6N3O10. The van der Waals surface area contributed by atoms with Gasteiger partial charge in [0.1, 0.15) is 34.1 Å². The van der Waals surface area contributed by atoms with Crippen LogP contribution in [0.2, 0.25) is 10.0 Å². The molecule has 13 nitrogen and oxygen atoms in total. The second-order valence-corrected chi connectivity index (χ2v) is 11.6. The Morgan fingerprint density at radius 3 is 1.42 bits per heavy atom. The number of ether oxygens (including phenoxy) is 3. The Morgan fingerprint density at radius 2 is 1.06 bits per heavy atom. The molecule has 0 aliphatic rings. The van der Waals surface area contributed by atoms with Gasteiger partial charge in [0.15, 0.2) is 5.72 Å². The molecule has 21 heteroatoms. The summed E-state index contributed by atoms with van der Waals surface area (Å²) in [6.45, 7) is 2.24. The highest BCUT2D eigenvalue weighted by atomic mass is 35.5. The summed E-state index contributed by atoms with van der Waals surface area (Å²) < 4.78 is 94.0. The smallest absolute Gasteiger partial charge is 0.416 e. The van der Waals surface area contributed by atoms with Crippen molar-refractivity contribution in [1.82, 2.24) is 5.48 Å². The van der Waals surface area contributed by atoms with Crippen molar-refractivity contribution in [2.45, 2.75) is 31.9 Å². The van der Waals surface area contributed by atoms with E-state index in [1.807, 2.05) is 0 Å². The van der Waals surface area contributed by atoms with Crippen LogP contribution in [0.15, 0.2) is 72.8 Å². The van der Waals surface area contributed by atoms with Crippen molar-refractivity contribution in [3.63, 3.8) is 0 Å². The summed E-state index contributed by atoms with van der Waals surface area (Å²) in [4.78, 5) is 52.3. The van der Waals surface area contributed by atoms with Crippen molar-refractivity contribution in [3.05, 3.63) is 125 Å². The second kappa shape index (κ2) is 14.9. The van der Waals surface area contributed by atoms with E-state index in [0.29, 0.717) is 24.3 Å². The third kappa shape index (κ3) is 9.56. The Kier molecular flexibility index (Phi) is 11.2. The number of hydrogen-bond donors (Lipinski definition) is 1. The number of hydroxylamine groups is 1. The zero-order valence-corrected chi connectivity index (χ0v) is 27.4. The molecule has 0 aliphatic heterocycles. The fourth-order valence-electron chi connectivity index (χ4n) is 4.11. The third-order valence-corrected chi connectivity index (χ3v) is 7.07. The number of halogens is 8. The Morgan fingerprint density at radius 1 is 0.654 bits per heavy atom. The summed E-state index contributed by atoms with van der Waals surface area (Å²) in [6.07, 6.45) is -9.41. The average Bonchev–Trinajstić information content (AvgIpc) is 3.04. The number of carbonyl (C=O) groups is 2. The predicted octanol–water partition coefficient (Wildman–Crippen LogP) is 9.69. The van der Waals surface area contributed by atoms with Crippen molar-refractivity contribution in [1.29, 1.82) is 0 Å². The van der Waals surface area contributed by atoms with Crippen LogP contribution in [0.1, 0.15) is 45.7 Å². The number of benzene rings is 4. The predicted molar refractivity (Wildman–Crippen MR) is 167 cm³/mol. The van der Waals surface area contributed by atoms with Gasteiger partial charge in [0.05, 0.1) is 31.0 Å². The number of nitro groups is 2. The fraction of sp³-hybridized carbons (Fsp3) is 0.161. The number of rotatable bonds is 11. The lowest BCUT2D eigenvalue weighted by Gasteiger charge is -2.25. The van der Waals surface area contributed by atoms with E-state index in [2.05, 4.69) is 5.48 Å². The first-order valence-corrected chi connectivity index (χ1v) is 14.7. The van der Waals surface area contributed by atoms with Gasteiger partial charge in [-0.15, -0.1) is 5.48 Å². The molecule has 0 fully saturated rings. The van der Waals surface area contributed by atoms with Crippen LogP contribution in [0.4, 0.5) is 37.7 Å². The number of alkyl halides is 6. The first-order chi connectivity index (χ1) is 24.1. The molecule has 0 saturated heterocycles. The number of carbonyl (C=O) groups excluding carboxylic acids is 2. The maximum absolute atomic E-state index is 13.1. The van der Waals surface area contributed by atoms with Crippen LogP contribution in [0.25, 0.3) is 0 Å². The summed E-state index contributed by atoms with van der Waals surface area (Å²) >= 11 is 11.8. The van der Waals surface area contributed by atoms with E-state index in [1.165, 1.54) is 0 Å². The molecule has 4 rings (SSSR count). The van der Waals surface area contributed by atoms with Crippen LogP contribution in [0.5, 0.6) is 23.0 Å². The highest BCUT2D eigenvalue weighted by Crippen LogP contribution is 2.39. The Bertz CT molecular complexity index is 2080. The van der Waals surface area contributed by atoms with Crippen LogP contribution < -0.4 is 15.0 Å². The maximum atomic E-state index is 13.1. The molecule has 0 aliphatic carbocycles. The van der Waals surface area contributed by atoms with Gasteiger partial charge in [-0.1, -0.05) is 23.2 Å². The summed E-state index contributed by atoms with van der Waals surface area (Å²) in [5.74, 6) is -3.96. The molecule has 52 heavy (non-hydrogen) atoms. The molecule has 0 amide bonds. The van der Waals surface area contributed by atoms with Crippen molar-refractivity contribution in [2.75, 3.05) is 0 Å². The molecule has 0 aromatic heterocycles. The minimum absolute atomic E-state index is 0.275. The summed E-state index contributed by atoms with van der Waals surface area (Å²) in [7, 11) is 0. The van der Waals surface area contributed by atoms with E-state index in [-0.39, 0.29) is 23.0 Å². The molecule has 0 radical (unpaired) electrons. The summed E-state index contributed by atoms with van der Waals surface area (Å²) in [5, 5.41) is 22.3. The van der Waals surface area contributed by atoms with Crippen LogP contribution >= 0.6 is 23.2 Å².